The molecule has 0 amide bonds. The number of hydrogen-bond donors (Lipinski definition) is 1. The summed E-state index contributed by atoms with van der Waals surface area (Å²) in [6.07, 6.45) is 0. The van der Waals surface area contributed by atoms with E-state index in [9.17, 15) is 0 Å². The van der Waals surface area contributed by atoms with E-state index in [-0.39, 0.29) is 0 Å². The van der Waals surface area contributed by atoms with Crippen LogP contribution in [0.2, 0.25) is 0 Å². The zero-order valence-corrected chi connectivity index (χ0v) is 6.96. The molecule has 0 heterocycles. The van der Waals surface area contributed by atoms with Gasteiger partial charge in [-0.3, -0.25) is 0 Å². The van der Waals surface area contributed by atoms with E-state index in [1.807, 2.05) is 25.2 Å². The second kappa shape index (κ2) is 2.86. The zero-order chi connectivity index (χ0) is 8.39. The minimum Gasteiger partial charge on any atom is -0.388 e. The Morgan fingerprint density at radius 3 is 2.92 bits per heavy atom. The quantitative estimate of drug-likeness (QED) is 0.669. The lowest BCUT2D eigenvalue weighted by atomic mass is 10.1. The molecule has 1 N–H and O–H groups in total. The van der Waals surface area contributed by atoms with Crippen LogP contribution in [0.5, 0.6) is 0 Å². The highest BCUT2D eigenvalue weighted by molar-refractivity contribution is 5.93. The number of hydrogen-bond acceptors (Lipinski definition) is 1. The monoisotopic (exact) mass is 156 g/mol. The first-order valence-electron chi connectivity index (χ1n) is 3.99. The van der Waals surface area contributed by atoms with Crippen LogP contribution < -0.4 is 5.32 Å². The molecule has 1 nitrogen and oxygen atoms in total. The van der Waals surface area contributed by atoms with E-state index >= 15 is 0 Å². The maximum atomic E-state index is 3.19. The molecule has 2 aromatic carbocycles. The van der Waals surface area contributed by atoms with Crippen LogP contribution in [0.4, 0.5) is 5.69 Å². The average Bonchev–Trinajstić information content (AvgIpc) is 2.17. The Morgan fingerprint density at radius 2 is 2.08 bits per heavy atom. The molecule has 2 rings (SSSR count). The van der Waals surface area contributed by atoms with Crippen LogP contribution in [0.15, 0.2) is 36.4 Å². The van der Waals surface area contributed by atoms with Crippen molar-refractivity contribution in [3.8, 4) is 0 Å². The second-order valence-corrected chi connectivity index (χ2v) is 2.69. The summed E-state index contributed by atoms with van der Waals surface area (Å²) < 4.78 is 0. The molecule has 0 saturated carbocycles. The van der Waals surface area contributed by atoms with Crippen LogP contribution in [0, 0.1) is 6.07 Å². The fraction of sp³-hybridized carbons (Fsp3) is 0.0909. The lowest BCUT2D eigenvalue weighted by Gasteiger charge is -2.03. The third-order valence-corrected chi connectivity index (χ3v) is 1.97. The minimum atomic E-state index is 1.16. The number of fused-ring (bicyclic) bond motifs is 1. The molecule has 0 aliphatic rings. The lowest BCUT2D eigenvalue weighted by molar-refractivity contribution is 1.54. The van der Waals surface area contributed by atoms with Crippen LogP contribution in [-0.4, -0.2) is 7.05 Å². The fourth-order valence-corrected chi connectivity index (χ4v) is 1.37. The topological polar surface area (TPSA) is 12.0 Å². The SMILES string of the molecule is CNc1cccc2[c]cccc12. The van der Waals surface area contributed by atoms with Crippen LogP contribution in [0.3, 0.4) is 0 Å². The molecule has 0 atom stereocenters. The van der Waals surface area contributed by atoms with Gasteiger partial charge in [0.05, 0.1) is 0 Å². The number of benzene rings is 2. The highest BCUT2D eigenvalue weighted by Crippen LogP contribution is 2.21. The molecule has 0 bridgehead atoms. The standard InChI is InChI=1S/C11H10N/c1-12-11-8-4-6-9-5-2-3-7-10(9)11/h2-4,6-8,12H,1H3. The Balaban J connectivity index is 2.79. The predicted molar refractivity (Wildman–Crippen MR) is 52.3 cm³/mol. The Hall–Kier alpha value is -1.50. The number of rotatable bonds is 1. The van der Waals surface area contributed by atoms with E-state index in [0.717, 1.165) is 11.1 Å². The summed E-state index contributed by atoms with van der Waals surface area (Å²) in [4.78, 5) is 0. The summed E-state index contributed by atoms with van der Waals surface area (Å²) >= 11 is 0. The van der Waals surface area contributed by atoms with Crippen molar-refractivity contribution in [3.05, 3.63) is 42.5 Å². The van der Waals surface area contributed by atoms with Gasteiger partial charge in [-0.25, -0.2) is 0 Å². The fourth-order valence-electron chi connectivity index (χ4n) is 1.37. The molecule has 1 heteroatoms. The highest BCUT2D eigenvalue weighted by atomic mass is 14.8. The molecule has 0 aromatic heterocycles. The second-order valence-electron chi connectivity index (χ2n) is 2.69. The summed E-state index contributed by atoms with van der Waals surface area (Å²) in [5.41, 5.74) is 1.16. The van der Waals surface area contributed by atoms with Gasteiger partial charge in [0, 0.05) is 18.1 Å². The summed E-state index contributed by atoms with van der Waals surface area (Å²) in [6.45, 7) is 0. The first-order valence-corrected chi connectivity index (χ1v) is 3.99. The summed E-state index contributed by atoms with van der Waals surface area (Å²) in [7, 11) is 1.93. The van der Waals surface area contributed by atoms with Gasteiger partial charge in [0.15, 0.2) is 0 Å². The van der Waals surface area contributed by atoms with Crippen molar-refractivity contribution in [3.63, 3.8) is 0 Å². The highest BCUT2D eigenvalue weighted by Gasteiger charge is 1.95. The van der Waals surface area contributed by atoms with Gasteiger partial charge in [0.2, 0.25) is 0 Å². The molecule has 59 valence electrons. The third kappa shape index (κ3) is 1.03. The lowest BCUT2D eigenvalue weighted by Crippen LogP contribution is -1.88. The number of nitrogens with one attached hydrogen (secondary N) is 1. The summed E-state index contributed by atoms with van der Waals surface area (Å²) in [6, 6.07) is 15.4. The molecule has 12 heavy (non-hydrogen) atoms. The molecule has 1 radical (unpaired) electrons. The molecule has 0 aliphatic heterocycles. The Labute approximate surface area is 72.0 Å². The van der Waals surface area contributed by atoms with Crippen LogP contribution in [0.25, 0.3) is 10.8 Å². The van der Waals surface area contributed by atoms with Gasteiger partial charge in [0.1, 0.15) is 0 Å². The molecule has 2 aromatic rings. The van der Waals surface area contributed by atoms with Crippen molar-refractivity contribution >= 4 is 16.5 Å². The third-order valence-electron chi connectivity index (χ3n) is 1.97. The van der Waals surface area contributed by atoms with Crippen molar-refractivity contribution < 1.29 is 0 Å². The Kier molecular flexibility index (Phi) is 1.71. The average molecular weight is 156 g/mol. The molecular formula is C11H10N. The van der Waals surface area contributed by atoms with Crippen molar-refractivity contribution in [2.45, 2.75) is 0 Å². The van der Waals surface area contributed by atoms with E-state index in [1.54, 1.807) is 0 Å². The zero-order valence-electron chi connectivity index (χ0n) is 6.96. The largest absolute Gasteiger partial charge is 0.388 e. The van der Waals surface area contributed by atoms with Crippen molar-refractivity contribution in [2.24, 2.45) is 0 Å². The first-order chi connectivity index (χ1) is 5.92. The van der Waals surface area contributed by atoms with Gasteiger partial charge in [-0.15, -0.1) is 0 Å². The van der Waals surface area contributed by atoms with E-state index in [2.05, 4.69) is 29.6 Å². The normalized spacial score (nSPS) is 10.1. The van der Waals surface area contributed by atoms with Crippen molar-refractivity contribution in [1.29, 1.82) is 0 Å². The summed E-state index contributed by atoms with van der Waals surface area (Å²) in [5, 5.41) is 5.53. The van der Waals surface area contributed by atoms with Gasteiger partial charge in [-0.2, -0.15) is 0 Å². The van der Waals surface area contributed by atoms with Crippen LogP contribution in [-0.2, 0) is 0 Å². The summed E-state index contributed by atoms with van der Waals surface area (Å²) in [5.74, 6) is 0. The Morgan fingerprint density at radius 1 is 1.17 bits per heavy atom. The molecular weight excluding hydrogens is 146 g/mol. The molecule has 0 unspecified atom stereocenters. The van der Waals surface area contributed by atoms with Crippen LogP contribution >= 0.6 is 0 Å². The van der Waals surface area contributed by atoms with E-state index < -0.39 is 0 Å². The van der Waals surface area contributed by atoms with Crippen LogP contribution in [0.1, 0.15) is 0 Å². The maximum Gasteiger partial charge on any atom is 0.0417 e. The van der Waals surface area contributed by atoms with Crippen molar-refractivity contribution in [2.75, 3.05) is 12.4 Å². The number of anilines is 1. The predicted octanol–water partition coefficient (Wildman–Crippen LogP) is 2.68. The molecule has 0 aliphatic carbocycles. The Bertz CT molecular complexity index is 388. The van der Waals surface area contributed by atoms with Gasteiger partial charge in [0.25, 0.3) is 0 Å². The smallest absolute Gasteiger partial charge is 0.0417 e. The minimum absolute atomic E-state index is 1.16. The molecule has 0 saturated heterocycles. The van der Waals surface area contributed by atoms with Crippen molar-refractivity contribution in [1.82, 2.24) is 0 Å². The molecule has 0 fully saturated rings. The van der Waals surface area contributed by atoms with Gasteiger partial charge < -0.3 is 5.32 Å². The maximum absolute atomic E-state index is 3.19. The van der Waals surface area contributed by atoms with Gasteiger partial charge >= 0.3 is 0 Å². The van der Waals surface area contributed by atoms with Gasteiger partial charge in [-0.1, -0.05) is 30.3 Å². The van der Waals surface area contributed by atoms with E-state index in [1.165, 1.54) is 5.39 Å². The molecule has 0 spiro atoms. The van der Waals surface area contributed by atoms with E-state index in [0.29, 0.717) is 0 Å². The van der Waals surface area contributed by atoms with Gasteiger partial charge in [-0.05, 0) is 17.5 Å². The first kappa shape index (κ1) is 7.17. The van der Waals surface area contributed by atoms with E-state index in [4.69, 9.17) is 0 Å².